The molecule has 90 valence electrons. The summed E-state index contributed by atoms with van der Waals surface area (Å²) in [5, 5.41) is 7.54. The van der Waals surface area contributed by atoms with E-state index in [1.165, 1.54) is 11.1 Å². The molecule has 0 saturated carbocycles. The van der Waals surface area contributed by atoms with Crippen molar-refractivity contribution in [1.29, 1.82) is 0 Å². The Morgan fingerprint density at radius 2 is 2.12 bits per heavy atom. The van der Waals surface area contributed by atoms with E-state index in [4.69, 9.17) is 0 Å². The van der Waals surface area contributed by atoms with Crippen molar-refractivity contribution in [2.75, 3.05) is 13.6 Å². The molecule has 0 aliphatic rings. The Balaban J connectivity index is 2.85. The SMILES string of the molecule is CNCC(=Cc1cnn(C(C)C)c1)C(C)C. The van der Waals surface area contributed by atoms with Crippen molar-refractivity contribution < 1.29 is 0 Å². The van der Waals surface area contributed by atoms with E-state index in [9.17, 15) is 0 Å². The van der Waals surface area contributed by atoms with Gasteiger partial charge in [0, 0.05) is 24.3 Å². The Bertz CT molecular complexity index is 348. The fourth-order valence-corrected chi connectivity index (χ4v) is 1.55. The zero-order valence-corrected chi connectivity index (χ0v) is 11.0. The van der Waals surface area contributed by atoms with Gasteiger partial charge in [-0.25, -0.2) is 0 Å². The van der Waals surface area contributed by atoms with Crippen LogP contribution in [0.1, 0.15) is 39.3 Å². The minimum atomic E-state index is 0.425. The van der Waals surface area contributed by atoms with Gasteiger partial charge in [0.1, 0.15) is 0 Å². The molecule has 1 aromatic rings. The van der Waals surface area contributed by atoms with Crippen molar-refractivity contribution in [3.63, 3.8) is 0 Å². The van der Waals surface area contributed by atoms with E-state index in [0.29, 0.717) is 12.0 Å². The Hall–Kier alpha value is -1.09. The topological polar surface area (TPSA) is 29.9 Å². The highest BCUT2D eigenvalue weighted by molar-refractivity contribution is 5.51. The van der Waals surface area contributed by atoms with E-state index in [1.807, 2.05) is 17.9 Å². The van der Waals surface area contributed by atoms with E-state index >= 15 is 0 Å². The van der Waals surface area contributed by atoms with Crippen LogP contribution in [-0.2, 0) is 0 Å². The third kappa shape index (κ3) is 3.49. The average molecular weight is 221 g/mol. The molecule has 0 amide bonds. The average Bonchev–Trinajstić information content (AvgIpc) is 2.65. The molecule has 16 heavy (non-hydrogen) atoms. The normalized spacial score (nSPS) is 12.8. The molecule has 0 bridgehead atoms. The summed E-state index contributed by atoms with van der Waals surface area (Å²) in [6, 6.07) is 0.425. The fraction of sp³-hybridized carbons (Fsp3) is 0.615. The summed E-state index contributed by atoms with van der Waals surface area (Å²) in [4.78, 5) is 0. The van der Waals surface area contributed by atoms with Crippen LogP contribution in [0.15, 0.2) is 18.0 Å². The quantitative estimate of drug-likeness (QED) is 0.828. The Labute approximate surface area is 98.5 Å². The van der Waals surface area contributed by atoms with Gasteiger partial charge in [0.2, 0.25) is 0 Å². The minimum absolute atomic E-state index is 0.425. The van der Waals surface area contributed by atoms with Gasteiger partial charge in [0.05, 0.1) is 6.20 Å². The van der Waals surface area contributed by atoms with Gasteiger partial charge in [0.15, 0.2) is 0 Å². The number of hydrogen-bond acceptors (Lipinski definition) is 2. The summed E-state index contributed by atoms with van der Waals surface area (Å²) in [7, 11) is 1.98. The molecule has 0 fully saturated rings. The van der Waals surface area contributed by atoms with Crippen molar-refractivity contribution in [2.45, 2.75) is 33.7 Å². The van der Waals surface area contributed by atoms with Gasteiger partial charge in [-0.1, -0.05) is 25.5 Å². The van der Waals surface area contributed by atoms with Gasteiger partial charge in [0.25, 0.3) is 0 Å². The molecule has 0 spiro atoms. The van der Waals surface area contributed by atoms with Gasteiger partial charge in [-0.2, -0.15) is 5.10 Å². The third-order valence-corrected chi connectivity index (χ3v) is 2.63. The van der Waals surface area contributed by atoms with Crippen LogP contribution in [-0.4, -0.2) is 23.4 Å². The highest BCUT2D eigenvalue weighted by Gasteiger charge is 2.04. The molecule has 1 aromatic heterocycles. The number of nitrogens with zero attached hydrogens (tertiary/aromatic N) is 2. The maximum Gasteiger partial charge on any atom is 0.0562 e. The molecule has 0 unspecified atom stereocenters. The van der Waals surface area contributed by atoms with Crippen LogP contribution in [0.2, 0.25) is 0 Å². The van der Waals surface area contributed by atoms with Gasteiger partial charge < -0.3 is 5.32 Å². The fourth-order valence-electron chi connectivity index (χ4n) is 1.55. The lowest BCUT2D eigenvalue weighted by Crippen LogP contribution is -2.13. The van der Waals surface area contributed by atoms with Crippen LogP contribution in [0.25, 0.3) is 6.08 Å². The highest BCUT2D eigenvalue weighted by atomic mass is 15.3. The summed E-state index contributed by atoms with van der Waals surface area (Å²) >= 11 is 0. The summed E-state index contributed by atoms with van der Waals surface area (Å²) in [6.45, 7) is 9.64. The molecule has 3 nitrogen and oxygen atoms in total. The first-order valence-electron chi connectivity index (χ1n) is 5.93. The van der Waals surface area contributed by atoms with E-state index in [2.05, 4.69) is 50.4 Å². The van der Waals surface area contributed by atoms with Gasteiger partial charge in [-0.15, -0.1) is 0 Å². The predicted octanol–water partition coefficient (Wildman–Crippen LogP) is 2.72. The lowest BCUT2D eigenvalue weighted by molar-refractivity contribution is 0.532. The zero-order valence-electron chi connectivity index (χ0n) is 11.0. The second-order valence-corrected chi connectivity index (χ2v) is 4.75. The first-order chi connectivity index (χ1) is 7.54. The summed E-state index contributed by atoms with van der Waals surface area (Å²) in [6.07, 6.45) is 6.26. The van der Waals surface area contributed by atoms with Crippen LogP contribution in [0.3, 0.4) is 0 Å². The summed E-state index contributed by atoms with van der Waals surface area (Å²) in [5.41, 5.74) is 2.60. The molecule has 0 aliphatic carbocycles. The number of hydrogen-bond donors (Lipinski definition) is 1. The molecule has 1 rings (SSSR count). The van der Waals surface area contributed by atoms with Gasteiger partial charge in [-0.3, -0.25) is 4.68 Å². The second-order valence-electron chi connectivity index (χ2n) is 4.75. The van der Waals surface area contributed by atoms with E-state index < -0.39 is 0 Å². The predicted molar refractivity (Wildman–Crippen MR) is 69.4 cm³/mol. The van der Waals surface area contributed by atoms with Crippen LogP contribution in [0.4, 0.5) is 0 Å². The van der Waals surface area contributed by atoms with Crippen LogP contribution in [0.5, 0.6) is 0 Å². The van der Waals surface area contributed by atoms with Crippen molar-refractivity contribution in [1.82, 2.24) is 15.1 Å². The number of aromatic nitrogens is 2. The molecule has 3 heteroatoms. The van der Waals surface area contributed by atoms with E-state index in [1.54, 1.807) is 0 Å². The lowest BCUT2D eigenvalue weighted by atomic mass is 10.0. The number of rotatable bonds is 5. The molecule has 0 aliphatic heterocycles. The van der Waals surface area contributed by atoms with E-state index in [0.717, 1.165) is 6.54 Å². The molecular formula is C13H23N3. The maximum absolute atomic E-state index is 4.34. The Morgan fingerprint density at radius 3 is 2.56 bits per heavy atom. The van der Waals surface area contributed by atoms with Crippen molar-refractivity contribution >= 4 is 6.08 Å². The van der Waals surface area contributed by atoms with E-state index in [-0.39, 0.29) is 0 Å². The Morgan fingerprint density at radius 1 is 1.44 bits per heavy atom. The second kappa shape index (κ2) is 5.85. The standard InChI is InChI=1S/C13H23N3/c1-10(2)13(8-14-5)6-12-7-15-16(9-12)11(3)4/h6-7,9-11,14H,8H2,1-5H3. The molecule has 1 N–H and O–H groups in total. The highest BCUT2D eigenvalue weighted by Crippen LogP contribution is 2.14. The first-order valence-corrected chi connectivity index (χ1v) is 5.93. The third-order valence-electron chi connectivity index (χ3n) is 2.63. The smallest absolute Gasteiger partial charge is 0.0562 e. The molecule has 1 heterocycles. The largest absolute Gasteiger partial charge is 0.316 e. The first kappa shape index (κ1) is 13.0. The molecule has 0 aromatic carbocycles. The monoisotopic (exact) mass is 221 g/mol. The van der Waals surface area contributed by atoms with Crippen molar-refractivity contribution in [3.05, 3.63) is 23.5 Å². The van der Waals surface area contributed by atoms with Gasteiger partial charge in [-0.05, 0) is 26.8 Å². The molecular weight excluding hydrogens is 198 g/mol. The molecule has 0 radical (unpaired) electrons. The Kier molecular flexibility index (Phi) is 4.74. The molecule has 0 atom stereocenters. The number of likely N-dealkylation sites (N-methyl/N-ethyl adjacent to an activating group) is 1. The maximum atomic E-state index is 4.34. The molecule has 0 saturated heterocycles. The minimum Gasteiger partial charge on any atom is -0.316 e. The van der Waals surface area contributed by atoms with Crippen molar-refractivity contribution in [3.8, 4) is 0 Å². The van der Waals surface area contributed by atoms with Crippen LogP contribution >= 0.6 is 0 Å². The number of nitrogens with one attached hydrogen (secondary N) is 1. The van der Waals surface area contributed by atoms with Crippen molar-refractivity contribution in [2.24, 2.45) is 5.92 Å². The lowest BCUT2D eigenvalue weighted by Gasteiger charge is -2.10. The summed E-state index contributed by atoms with van der Waals surface area (Å²) < 4.78 is 1.99. The van der Waals surface area contributed by atoms with Crippen LogP contribution < -0.4 is 5.32 Å². The zero-order chi connectivity index (χ0) is 12.1. The summed E-state index contributed by atoms with van der Waals surface area (Å²) in [5.74, 6) is 0.565. The van der Waals surface area contributed by atoms with Crippen LogP contribution in [0, 0.1) is 5.92 Å². The van der Waals surface area contributed by atoms with Gasteiger partial charge >= 0.3 is 0 Å².